The average Bonchev–Trinajstić information content (AvgIpc) is 3.27. The van der Waals surface area contributed by atoms with E-state index in [2.05, 4.69) is 72.8 Å². The predicted octanol–water partition coefficient (Wildman–Crippen LogP) is 14.3. The van der Waals surface area contributed by atoms with Gasteiger partial charge in [0.25, 0.3) is 20.0 Å². The third kappa shape index (κ3) is 9.91. The van der Waals surface area contributed by atoms with E-state index in [4.69, 9.17) is 9.41 Å². The number of anilines is 2. The molecule has 0 amide bonds. The molecule has 0 spiro atoms. The van der Waals surface area contributed by atoms with Crippen LogP contribution in [0.15, 0.2) is 121 Å². The van der Waals surface area contributed by atoms with E-state index in [1.54, 1.807) is 42.7 Å². The lowest BCUT2D eigenvalue weighted by Gasteiger charge is -2.22. The van der Waals surface area contributed by atoms with E-state index >= 15 is 17.6 Å². The maximum atomic E-state index is 15.4. The van der Waals surface area contributed by atoms with Crippen LogP contribution in [0.3, 0.4) is 0 Å². The minimum Gasteiger partial charge on any atom is -0.456 e. The first kappa shape index (κ1) is 49.8. The molecule has 0 atom stereocenters. The summed E-state index contributed by atoms with van der Waals surface area (Å²) in [5.41, 5.74) is 7.81. The summed E-state index contributed by atoms with van der Waals surface area (Å²) in [6.45, 7) is 16.8. The number of hydrogen-bond acceptors (Lipinski definition) is 9. The lowest BCUT2D eigenvalue weighted by atomic mass is 9.92. The number of para-hydroxylation sites is 2. The smallest absolute Gasteiger partial charge is 0.259 e. The minimum atomic E-state index is -5.83. The summed E-state index contributed by atoms with van der Waals surface area (Å²) in [4.78, 5) is 1.35. The summed E-state index contributed by atoms with van der Waals surface area (Å²) in [6.07, 6.45) is 1.59. The van der Waals surface area contributed by atoms with Gasteiger partial charge in [-0.1, -0.05) is 110 Å². The van der Waals surface area contributed by atoms with Crippen molar-refractivity contribution in [2.24, 2.45) is 4.99 Å². The second kappa shape index (κ2) is 19.8. The van der Waals surface area contributed by atoms with Gasteiger partial charge < -0.3 is 9.73 Å². The van der Waals surface area contributed by atoms with Crippen molar-refractivity contribution < 1.29 is 38.8 Å². The Labute approximate surface area is 398 Å². The average molecular weight is 990 g/mol. The largest absolute Gasteiger partial charge is 0.456 e. The quantitative estimate of drug-likeness (QED) is 0.0343. The third-order valence-corrected chi connectivity index (χ3v) is 17.0. The molecule has 7 rings (SSSR count). The first-order valence-electron chi connectivity index (χ1n) is 21.6. The molecular formula is C51H51F4N3O5S4. The lowest BCUT2D eigenvalue weighted by molar-refractivity contribution is 0.395. The van der Waals surface area contributed by atoms with Crippen molar-refractivity contribution >= 4 is 71.6 Å². The van der Waals surface area contributed by atoms with Crippen molar-refractivity contribution in [1.82, 2.24) is 4.13 Å². The van der Waals surface area contributed by atoms with E-state index < -0.39 is 58.0 Å². The van der Waals surface area contributed by atoms with Crippen molar-refractivity contribution in [3.8, 4) is 22.5 Å². The van der Waals surface area contributed by atoms with Crippen LogP contribution in [0.1, 0.15) is 101 Å². The van der Waals surface area contributed by atoms with Crippen LogP contribution in [0.5, 0.6) is 0 Å². The molecule has 2 N–H and O–H groups in total. The van der Waals surface area contributed by atoms with Gasteiger partial charge >= 0.3 is 0 Å². The Bertz CT molecular complexity index is 3220. The zero-order valence-corrected chi connectivity index (χ0v) is 41.7. The SMILES string of the molecule is CSCSc1c(F)c(F)c(S(=O)(=O)NS(=O)(=O)c2ccccc2-c2c3ccc(=Nc4c(C(C)C)cccc4C(C)C)cc-3oc3cc(Nc4c(C(C)C)cccc4C(C)C)ccc23)c(F)c1F. The van der Waals surface area contributed by atoms with Crippen LogP contribution in [-0.2, 0) is 20.0 Å². The van der Waals surface area contributed by atoms with Gasteiger partial charge in [0, 0.05) is 50.7 Å². The van der Waals surface area contributed by atoms with Crippen LogP contribution in [0, 0.1) is 23.3 Å². The highest BCUT2D eigenvalue weighted by Crippen LogP contribution is 2.45. The van der Waals surface area contributed by atoms with Crippen LogP contribution in [0.2, 0.25) is 0 Å². The van der Waals surface area contributed by atoms with E-state index in [0.29, 0.717) is 50.7 Å². The van der Waals surface area contributed by atoms with Crippen molar-refractivity contribution in [2.75, 3.05) is 16.7 Å². The summed E-state index contributed by atoms with van der Waals surface area (Å²) in [7, 11) is -11.1. The monoisotopic (exact) mass is 989 g/mol. The Kier molecular flexibility index (Phi) is 14.7. The molecule has 0 fully saturated rings. The van der Waals surface area contributed by atoms with Crippen LogP contribution >= 0.6 is 23.5 Å². The van der Waals surface area contributed by atoms with Gasteiger partial charge in [-0.25, -0.2) is 39.4 Å². The molecule has 5 aromatic rings. The number of rotatable bonds is 15. The molecule has 1 heterocycles. The molecule has 0 saturated carbocycles. The van der Waals surface area contributed by atoms with Gasteiger partial charge in [0.2, 0.25) is 0 Å². The summed E-state index contributed by atoms with van der Waals surface area (Å²) in [5.74, 6) is -7.47. The molecule has 0 unspecified atom stereocenters. The Morgan fingerprint density at radius 3 is 1.76 bits per heavy atom. The fraction of sp³-hybridized carbons (Fsp3) is 0.275. The van der Waals surface area contributed by atoms with Crippen molar-refractivity contribution in [3.63, 3.8) is 0 Å². The van der Waals surface area contributed by atoms with E-state index in [0.717, 1.165) is 51.5 Å². The van der Waals surface area contributed by atoms with Crippen LogP contribution in [0.25, 0.3) is 33.4 Å². The maximum Gasteiger partial charge on any atom is 0.259 e. The Balaban J connectivity index is 1.46. The Hall–Kier alpha value is -5.13. The van der Waals surface area contributed by atoms with Crippen molar-refractivity contribution in [3.05, 3.63) is 148 Å². The van der Waals surface area contributed by atoms with E-state index in [-0.39, 0.29) is 34.3 Å². The van der Waals surface area contributed by atoms with E-state index in [9.17, 15) is 16.8 Å². The topological polar surface area (TPSA) is 118 Å². The number of thioether (sulfide) groups is 2. The van der Waals surface area contributed by atoms with Gasteiger partial charge in [0.05, 0.1) is 20.8 Å². The van der Waals surface area contributed by atoms with Crippen LogP contribution in [-0.4, -0.2) is 28.2 Å². The number of nitrogens with one attached hydrogen (secondary N) is 2. The molecule has 8 nitrogen and oxygen atoms in total. The van der Waals surface area contributed by atoms with Gasteiger partial charge in [-0.3, -0.25) is 0 Å². The molecular weight excluding hydrogens is 939 g/mol. The highest BCUT2D eigenvalue weighted by atomic mass is 32.3. The highest BCUT2D eigenvalue weighted by Gasteiger charge is 2.37. The first-order valence-corrected chi connectivity index (χ1v) is 26.9. The predicted molar refractivity (Wildman–Crippen MR) is 264 cm³/mol. The molecule has 2 aliphatic rings. The van der Waals surface area contributed by atoms with Crippen LogP contribution < -0.4 is 14.8 Å². The zero-order valence-electron chi connectivity index (χ0n) is 38.4. The van der Waals surface area contributed by atoms with Crippen molar-refractivity contribution in [2.45, 2.75) is 93.7 Å². The summed E-state index contributed by atoms with van der Waals surface area (Å²) >= 11 is 1.53. The number of sulfonamides is 2. The number of benzene rings is 6. The van der Waals surface area contributed by atoms with Gasteiger partial charge in [0.1, 0.15) is 11.3 Å². The second-order valence-corrected chi connectivity index (χ2v) is 23.1. The molecule has 67 heavy (non-hydrogen) atoms. The standard InChI is InChI=1S/C51H51F4N3O5S4/c1-27(2)33-15-12-16-34(28(3)4)48(33)56-31-20-22-37-40(24-31)63-41-25-32(57-49-35(29(5)6)17-13-18-36(49)30(7)8)21-23-38(41)43(37)39-14-10-11-19-42(39)66(59,60)58-67(61,62)51-46(54)44(52)50(65-26-64-9)45(53)47(51)55/h10-25,27-30,56,58H,26H2,1-9H3. The number of fused-ring (bicyclic) bond motifs is 2. The third-order valence-electron chi connectivity index (χ3n) is 11.4. The maximum absolute atomic E-state index is 15.4. The van der Waals surface area contributed by atoms with Crippen molar-refractivity contribution in [1.29, 1.82) is 0 Å². The van der Waals surface area contributed by atoms with Gasteiger partial charge in [-0.15, -0.1) is 15.9 Å². The molecule has 16 heteroatoms. The second-order valence-electron chi connectivity index (χ2n) is 17.4. The summed E-state index contributed by atoms with van der Waals surface area (Å²) < 4.78 is 125. The molecule has 0 saturated heterocycles. The zero-order chi connectivity index (χ0) is 48.7. The van der Waals surface area contributed by atoms with Gasteiger partial charge in [-0.05, 0) is 82.5 Å². The molecule has 352 valence electrons. The normalized spacial score (nSPS) is 12.8. The number of nitrogens with zero attached hydrogens (tertiary/aromatic N) is 1. The minimum absolute atomic E-state index is 0.0111. The fourth-order valence-electron chi connectivity index (χ4n) is 8.14. The number of halogens is 4. The van der Waals surface area contributed by atoms with Gasteiger partial charge in [-0.2, -0.15) is 11.8 Å². The Morgan fingerprint density at radius 2 is 1.19 bits per heavy atom. The fourth-order valence-corrected chi connectivity index (χ4v) is 12.7. The van der Waals surface area contributed by atoms with E-state index in [1.165, 1.54) is 16.3 Å². The number of hydrogen-bond donors (Lipinski definition) is 2. The lowest BCUT2D eigenvalue weighted by Crippen LogP contribution is -2.33. The molecule has 0 aromatic heterocycles. The summed E-state index contributed by atoms with van der Waals surface area (Å²) in [6, 6.07) is 28.4. The molecule has 5 aromatic carbocycles. The van der Waals surface area contributed by atoms with Gasteiger partial charge in [0.15, 0.2) is 28.2 Å². The first-order chi connectivity index (χ1) is 31.7. The summed E-state index contributed by atoms with van der Waals surface area (Å²) in [5, 5.41) is 4.59. The highest BCUT2D eigenvalue weighted by molar-refractivity contribution is 8.15. The molecule has 0 bridgehead atoms. The molecule has 0 radical (unpaired) electrons. The van der Waals surface area contributed by atoms with Crippen LogP contribution in [0.4, 0.5) is 34.6 Å². The molecule has 1 aliphatic heterocycles. The molecule has 1 aliphatic carbocycles. The van der Waals surface area contributed by atoms with E-state index in [1.807, 2.05) is 30.3 Å². The Morgan fingerprint density at radius 1 is 0.627 bits per heavy atom.